The third-order valence-corrected chi connectivity index (χ3v) is 4.04. The molecule has 0 fully saturated rings. The summed E-state index contributed by atoms with van der Waals surface area (Å²) < 4.78 is 14.5. The van der Waals surface area contributed by atoms with E-state index in [2.05, 4.69) is 27.6 Å². The highest BCUT2D eigenvalue weighted by Crippen LogP contribution is 2.32. The van der Waals surface area contributed by atoms with E-state index in [-0.39, 0.29) is 16.6 Å². The molecule has 0 bridgehead atoms. The number of fused-ring (bicyclic) bond motifs is 1. The van der Waals surface area contributed by atoms with Crippen LogP contribution in [0.1, 0.15) is 10.4 Å². The van der Waals surface area contributed by atoms with Crippen molar-refractivity contribution >= 4 is 45.2 Å². The lowest BCUT2D eigenvalue weighted by molar-refractivity contribution is 0.0700. The van der Waals surface area contributed by atoms with Crippen LogP contribution in [0.4, 0.5) is 10.1 Å². The van der Waals surface area contributed by atoms with Gasteiger partial charge in [-0.25, -0.2) is 14.2 Å². The number of pyridine rings is 1. The number of carboxylic acids is 1. The number of nitrogen functional groups attached to an aromatic ring is 1. The minimum Gasteiger partial charge on any atom is -0.478 e. The minimum atomic E-state index is -1.21. The predicted octanol–water partition coefficient (Wildman–Crippen LogP) is 3.93. The average Bonchev–Trinajstić information content (AvgIpc) is 2.47. The lowest BCUT2D eigenvalue weighted by Crippen LogP contribution is -2.07. The first-order chi connectivity index (χ1) is 10.5. The summed E-state index contributed by atoms with van der Waals surface area (Å²) in [5.74, 6) is -1.74. The molecule has 4 nitrogen and oxygen atoms in total. The Kier molecular flexibility index (Phi) is 3.69. The number of hydrogen-bond acceptors (Lipinski definition) is 3. The molecule has 0 saturated carbocycles. The molecule has 6 heteroatoms. The van der Waals surface area contributed by atoms with Crippen LogP contribution in [0.5, 0.6) is 0 Å². The summed E-state index contributed by atoms with van der Waals surface area (Å²) in [6, 6.07) is 11.2. The number of halogens is 2. The van der Waals surface area contributed by atoms with Gasteiger partial charge in [0.25, 0.3) is 0 Å². The number of benzene rings is 2. The number of aromatic carboxylic acids is 1. The quantitative estimate of drug-likeness (QED) is 0.631. The summed E-state index contributed by atoms with van der Waals surface area (Å²) in [5, 5.41) is 9.63. The van der Waals surface area contributed by atoms with Crippen LogP contribution >= 0.6 is 22.6 Å². The first kappa shape index (κ1) is 14.7. The highest BCUT2D eigenvalue weighted by Gasteiger charge is 2.19. The van der Waals surface area contributed by atoms with Crippen molar-refractivity contribution in [1.82, 2.24) is 4.98 Å². The standard InChI is InChI=1S/C16H10FIN2O2/c17-9-3-6-12-11(7-9)13(16(21)22)14(19)15(20-12)8-1-4-10(18)5-2-8/h1-7H,19H2,(H,21,22). The number of hydrogen-bond donors (Lipinski definition) is 2. The second kappa shape index (κ2) is 5.53. The zero-order chi connectivity index (χ0) is 15.9. The van der Waals surface area contributed by atoms with Crippen molar-refractivity contribution in [2.45, 2.75) is 0 Å². The predicted molar refractivity (Wildman–Crippen MR) is 91.2 cm³/mol. The maximum absolute atomic E-state index is 13.4. The van der Waals surface area contributed by atoms with Crippen LogP contribution in [0.3, 0.4) is 0 Å². The molecule has 22 heavy (non-hydrogen) atoms. The second-order valence-corrected chi connectivity index (χ2v) is 5.97. The van der Waals surface area contributed by atoms with Gasteiger partial charge in [-0.1, -0.05) is 12.1 Å². The maximum Gasteiger partial charge on any atom is 0.338 e. The third kappa shape index (κ3) is 2.50. The molecule has 0 atom stereocenters. The van der Waals surface area contributed by atoms with Crippen molar-refractivity contribution in [2.75, 3.05) is 5.73 Å². The van der Waals surface area contributed by atoms with Crippen molar-refractivity contribution < 1.29 is 14.3 Å². The van der Waals surface area contributed by atoms with Gasteiger partial charge in [0, 0.05) is 14.5 Å². The van der Waals surface area contributed by atoms with Gasteiger partial charge in [-0.3, -0.25) is 0 Å². The molecule has 0 aliphatic rings. The summed E-state index contributed by atoms with van der Waals surface area (Å²) in [6.45, 7) is 0. The summed E-state index contributed by atoms with van der Waals surface area (Å²) in [4.78, 5) is 16.0. The van der Waals surface area contributed by atoms with Crippen LogP contribution in [0.25, 0.3) is 22.2 Å². The molecule has 0 aliphatic heterocycles. The molecule has 0 radical (unpaired) electrons. The number of nitrogens with two attached hydrogens (primary N) is 1. The summed E-state index contributed by atoms with van der Waals surface area (Å²) in [5.41, 5.74) is 7.40. The monoisotopic (exact) mass is 408 g/mol. The smallest absolute Gasteiger partial charge is 0.338 e. The van der Waals surface area contributed by atoms with Gasteiger partial charge in [0.05, 0.1) is 22.5 Å². The zero-order valence-electron chi connectivity index (χ0n) is 11.2. The highest BCUT2D eigenvalue weighted by atomic mass is 127. The number of carboxylic acid groups (broad SMARTS) is 1. The van der Waals surface area contributed by atoms with E-state index in [1.807, 2.05) is 24.3 Å². The van der Waals surface area contributed by atoms with Crippen LogP contribution in [-0.2, 0) is 0 Å². The Labute approximate surface area is 138 Å². The van der Waals surface area contributed by atoms with Gasteiger partial charge < -0.3 is 10.8 Å². The molecule has 1 aromatic heterocycles. The Hall–Kier alpha value is -2.22. The van der Waals surface area contributed by atoms with Crippen molar-refractivity contribution in [3.8, 4) is 11.3 Å². The minimum absolute atomic E-state index is 0.0341. The van der Waals surface area contributed by atoms with Gasteiger partial charge in [-0.05, 0) is 52.9 Å². The Bertz CT molecular complexity index is 895. The van der Waals surface area contributed by atoms with E-state index in [0.717, 1.165) is 9.64 Å². The average molecular weight is 408 g/mol. The van der Waals surface area contributed by atoms with Crippen LogP contribution < -0.4 is 5.73 Å². The fourth-order valence-corrected chi connectivity index (χ4v) is 2.67. The van der Waals surface area contributed by atoms with Gasteiger partial charge in [0.15, 0.2) is 0 Å². The fraction of sp³-hybridized carbons (Fsp3) is 0. The van der Waals surface area contributed by atoms with Crippen molar-refractivity contribution in [3.05, 3.63) is 57.4 Å². The summed E-state index contributed by atoms with van der Waals surface area (Å²) in [7, 11) is 0. The topological polar surface area (TPSA) is 76.2 Å². The first-order valence-electron chi connectivity index (χ1n) is 6.35. The SMILES string of the molecule is Nc1c(-c2ccc(I)cc2)nc2ccc(F)cc2c1C(=O)O. The molecule has 0 aliphatic carbocycles. The lowest BCUT2D eigenvalue weighted by atomic mass is 10.0. The molecule has 110 valence electrons. The second-order valence-electron chi connectivity index (χ2n) is 4.72. The van der Waals surface area contributed by atoms with E-state index in [0.29, 0.717) is 16.8 Å². The van der Waals surface area contributed by atoms with E-state index < -0.39 is 11.8 Å². The van der Waals surface area contributed by atoms with Gasteiger partial charge >= 0.3 is 5.97 Å². The Morgan fingerprint density at radius 1 is 1.18 bits per heavy atom. The number of aromatic nitrogens is 1. The number of nitrogens with zero attached hydrogens (tertiary/aromatic N) is 1. The normalized spacial score (nSPS) is 10.8. The van der Waals surface area contributed by atoms with E-state index >= 15 is 0 Å². The third-order valence-electron chi connectivity index (χ3n) is 3.32. The van der Waals surface area contributed by atoms with Gasteiger partial charge in [0.2, 0.25) is 0 Å². The lowest BCUT2D eigenvalue weighted by Gasteiger charge is -2.12. The van der Waals surface area contributed by atoms with E-state index in [9.17, 15) is 14.3 Å². The molecule has 0 amide bonds. The fourth-order valence-electron chi connectivity index (χ4n) is 2.31. The van der Waals surface area contributed by atoms with Gasteiger partial charge in [0.1, 0.15) is 5.82 Å². The van der Waals surface area contributed by atoms with Gasteiger partial charge in [-0.15, -0.1) is 0 Å². The summed E-state index contributed by atoms with van der Waals surface area (Å²) in [6.07, 6.45) is 0. The van der Waals surface area contributed by atoms with Crippen LogP contribution in [-0.4, -0.2) is 16.1 Å². The van der Waals surface area contributed by atoms with E-state index in [1.54, 1.807) is 0 Å². The van der Waals surface area contributed by atoms with Crippen molar-refractivity contribution in [3.63, 3.8) is 0 Å². The number of anilines is 1. The molecular weight excluding hydrogens is 398 g/mol. The molecular formula is C16H10FIN2O2. The molecule has 3 rings (SSSR count). The van der Waals surface area contributed by atoms with Crippen LogP contribution in [0.2, 0.25) is 0 Å². The van der Waals surface area contributed by atoms with Crippen LogP contribution in [0.15, 0.2) is 42.5 Å². The molecule has 3 N–H and O–H groups in total. The maximum atomic E-state index is 13.4. The Morgan fingerprint density at radius 3 is 2.50 bits per heavy atom. The van der Waals surface area contributed by atoms with E-state index in [1.165, 1.54) is 12.1 Å². The largest absolute Gasteiger partial charge is 0.478 e. The molecule has 2 aromatic carbocycles. The molecule has 3 aromatic rings. The molecule has 0 saturated heterocycles. The van der Waals surface area contributed by atoms with Crippen molar-refractivity contribution in [2.24, 2.45) is 0 Å². The molecule has 1 heterocycles. The van der Waals surface area contributed by atoms with Gasteiger partial charge in [-0.2, -0.15) is 0 Å². The number of carbonyl (C=O) groups is 1. The number of rotatable bonds is 2. The highest BCUT2D eigenvalue weighted by molar-refractivity contribution is 14.1. The first-order valence-corrected chi connectivity index (χ1v) is 7.43. The van der Waals surface area contributed by atoms with Crippen LogP contribution in [0, 0.1) is 9.39 Å². The Balaban J connectivity index is 2.37. The Morgan fingerprint density at radius 2 is 1.86 bits per heavy atom. The van der Waals surface area contributed by atoms with E-state index in [4.69, 9.17) is 5.73 Å². The molecule has 0 spiro atoms. The summed E-state index contributed by atoms with van der Waals surface area (Å²) >= 11 is 2.17. The zero-order valence-corrected chi connectivity index (χ0v) is 13.3. The molecule has 0 unspecified atom stereocenters. The van der Waals surface area contributed by atoms with Crippen molar-refractivity contribution in [1.29, 1.82) is 0 Å².